The summed E-state index contributed by atoms with van der Waals surface area (Å²) in [5.74, 6) is -0.0313. The van der Waals surface area contributed by atoms with E-state index < -0.39 is 5.91 Å². The summed E-state index contributed by atoms with van der Waals surface area (Å²) < 4.78 is 10.3. The lowest BCUT2D eigenvalue weighted by Crippen LogP contribution is -2.14. The second kappa shape index (κ2) is 8.60. The Hall–Kier alpha value is -3.29. The molecular formula is C17H13ClN6O3S. The van der Waals surface area contributed by atoms with E-state index in [1.807, 2.05) is 6.07 Å². The lowest BCUT2D eigenvalue weighted by Gasteiger charge is -2.13. The molecule has 0 bridgehead atoms. The highest BCUT2D eigenvalue weighted by atomic mass is 35.5. The first-order valence-electron chi connectivity index (χ1n) is 7.80. The fraction of sp³-hybridized carbons (Fsp3) is 0.176. The third-order valence-corrected chi connectivity index (χ3v) is 4.62. The Labute approximate surface area is 168 Å². The summed E-state index contributed by atoms with van der Waals surface area (Å²) in [4.78, 5) is 21.2. The van der Waals surface area contributed by atoms with E-state index in [0.717, 1.165) is 11.3 Å². The maximum absolute atomic E-state index is 12.9. The number of amides is 1. The summed E-state index contributed by atoms with van der Waals surface area (Å²) in [6, 6.07) is 5.13. The topological polar surface area (TPSA) is 123 Å². The number of hydrogen-bond acceptors (Lipinski definition) is 9. The highest BCUT2D eigenvalue weighted by molar-refractivity contribution is 7.17. The smallest absolute Gasteiger partial charge is 0.295 e. The van der Waals surface area contributed by atoms with Crippen molar-refractivity contribution in [1.29, 1.82) is 5.26 Å². The number of rotatable bonds is 6. The van der Waals surface area contributed by atoms with Gasteiger partial charge < -0.3 is 9.47 Å². The molecule has 142 valence electrons. The number of anilines is 1. The largest absolute Gasteiger partial charge is 0.494 e. The van der Waals surface area contributed by atoms with Crippen LogP contribution in [0.3, 0.4) is 0 Å². The number of nitrogens with zero attached hydrogens (tertiary/aromatic N) is 5. The van der Waals surface area contributed by atoms with Crippen molar-refractivity contribution >= 4 is 34.0 Å². The summed E-state index contributed by atoms with van der Waals surface area (Å²) in [5, 5.41) is 20.1. The number of carbonyl (C=O) groups is 1. The number of ether oxygens (including phenoxy) is 2. The van der Waals surface area contributed by atoms with E-state index in [1.54, 1.807) is 12.1 Å². The normalized spacial score (nSPS) is 10.2. The Bertz CT molecular complexity index is 1070. The number of hydrogen-bond donors (Lipinski definition) is 1. The number of carbonyl (C=O) groups excluding carboxylic acids is 1. The molecule has 11 heteroatoms. The Balaban J connectivity index is 2.07. The molecule has 0 aliphatic rings. The summed E-state index contributed by atoms with van der Waals surface area (Å²) in [6.45, 7) is 0. The molecular weight excluding hydrogens is 404 g/mol. The van der Waals surface area contributed by atoms with Crippen LogP contribution in [0.15, 0.2) is 24.5 Å². The van der Waals surface area contributed by atoms with Crippen LogP contribution in [0, 0.1) is 11.3 Å². The summed E-state index contributed by atoms with van der Waals surface area (Å²) in [5.41, 5.74) is 1.73. The molecule has 1 N–H and O–H groups in total. The lowest BCUT2D eigenvalue weighted by molar-refractivity contribution is 0.102. The predicted octanol–water partition coefficient (Wildman–Crippen LogP) is 2.98. The highest BCUT2D eigenvalue weighted by Gasteiger charge is 2.20. The van der Waals surface area contributed by atoms with Gasteiger partial charge in [-0.05, 0) is 23.5 Å². The van der Waals surface area contributed by atoms with E-state index in [0.29, 0.717) is 27.8 Å². The third-order valence-electron chi connectivity index (χ3n) is 3.61. The van der Waals surface area contributed by atoms with Gasteiger partial charge in [-0.1, -0.05) is 16.7 Å². The monoisotopic (exact) mass is 416 g/mol. The molecule has 0 aliphatic carbocycles. The minimum Gasteiger partial charge on any atom is -0.494 e. The van der Waals surface area contributed by atoms with Crippen LogP contribution in [0.2, 0.25) is 5.15 Å². The minimum absolute atomic E-state index is 0.0570. The molecule has 0 unspecified atom stereocenters. The molecule has 0 saturated carbocycles. The fourth-order valence-corrected chi connectivity index (χ4v) is 3.09. The van der Waals surface area contributed by atoms with Gasteiger partial charge in [0.2, 0.25) is 5.13 Å². The van der Waals surface area contributed by atoms with Gasteiger partial charge in [-0.3, -0.25) is 15.1 Å². The lowest BCUT2D eigenvalue weighted by atomic mass is 10.00. The first-order chi connectivity index (χ1) is 13.5. The maximum atomic E-state index is 12.9. The molecule has 0 saturated heterocycles. The van der Waals surface area contributed by atoms with Gasteiger partial charge in [0.25, 0.3) is 11.1 Å². The predicted molar refractivity (Wildman–Crippen MR) is 103 cm³/mol. The quantitative estimate of drug-likeness (QED) is 0.608. The van der Waals surface area contributed by atoms with Crippen LogP contribution in [-0.4, -0.2) is 40.3 Å². The number of pyridine rings is 2. The van der Waals surface area contributed by atoms with Gasteiger partial charge in [0.15, 0.2) is 0 Å². The molecule has 3 aromatic heterocycles. The Kier molecular flexibility index (Phi) is 5.98. The zero-order valence-corrected chi connectivity index (χ0v) is 16.3. The number of methoxy groups -OCH3 is 2. The van der Waals surface area contributed by atoms with Gasteiger partial charge >= 0.3 is 0 Å². The van der Waals surface area contributed by atoms with Gasteiger partial charge in [-0.2, -0.15) is 5.26 Å². The standard InChI is InChI=1S/C17H13ClN6O3S/c1-26-13-8-21-14(18)6-10(13)12-7-20-9(3-4-19)5-11(12)15(25)22-16-23-24-17(27-2)28-16/h5-8H,3H2,1-2H3,(H,22,23,25). The average Bonchev–Trinajstić information content (AvgIpc) is 3.15. The van der Waals surface area contributed by atoms with Crippen LogP contribution < -0.4 is 14.8 Å². The summed E-state index contributed by atoms with van der Waals surface area (Å²) >= 11 is 7.11. The van der Waals surface area contributed by atoms with Crippen molar-refractivity contribution < 1.29 is 14.3 Å². The van der Waals surface area contributed by atoms with Gasteiger partial charge in [0.05, 0.1) is 44.2 Å². The van der Waals surface area contributed by atoms with Gasteiger partial charge in [0.1, 0.15) is 10.9 Å². The fourth-order valence-electron chi connectivity index (χ4n) is 2.38. The van der Waals surface area contributed by atoms with E-state index >= 15 is 0 Å². The van der Waals surface area contributed by atoms with Crippen molar-refractivity contribution in [3.8, 4) is 28.1 Å². The van der Waals surface area contributed by atoms with Crippen molar-refractivity contribution in [2.24, 2.45) is 0 Å². The molecule has 0 aliphatic heterocycles. The van der Waals surface area contributed by atoms with Crippen LogP contribution in [0.25, 0.3) is 11.1 Å². The molecule has 0 spiro atoms. The van der Waals surface area contributed by atoms with Crippen LogP contribution in [0.1, 0.15) is 16.1 Å². The molecule has 3 aromatic rings. The van der Waals surface area contributed by atoms with E-state index in [9.17, 15) is 4.79 Å². The number of nitriles is 1. The number of halogens is 1. The van der Waals surface area contributed by atoms with E-state index in [-0.39, 0.29) is 22.3 Å². The molecule has 1 amide bonds. The molecule has 3 rings (SSSR count). The van der Waals surface area contributed by atoms with Gasteiger partial charge in [-0.25, -0.2) is 4.98 Å². The molecule has 0 atom stereocenters. The Morgan fingerprint density at radius 1 is 1.21 bits per heavy atom. The van der Waals surface area contributed by atoms with Crippen LogP contribution >= 0.6 is 22.9 Å². The van der Waals surface area contributed by atoms with Gasteiger partial charge in [-0.15, -0.1) is 5.10 Å². The van der Waals surface area contributed by atoms with Crippen molar-refractivity contribution in [3.63, 3.8) is 0 Å². The van der Waals surface area contributed by atoms with Crippen LogP contribution in [-0.2, 0) is 6.42 Å². The Morgan fingerprint density at radius 3 is 2.71 bits per heavy atom. The molecule has 3 heterocycles. The van der Waals surface area contributed by atoms with Crippen molar-refractivity contribution in [2.75, 3.05) is 19.5 Å². The van der Waals surface area contributed by atoms with E-state index in [2.05, 4.69) is 25.5 Å². The first kappa shape index (κ1) is 19.5. The number of aromatic nitrogens is 4. The number of nitrogens with one attached hydrogen (secondary N) is 1. The summed E-state index contributed by atoms with van der Waals surface area (Å²) in [6.07, 6.45) is 3.01. The zero-order valence-electron chi connectivity index (χ0n) is 14.8. The zero-order chi connectivity index (χ0) is 20.1. The molecule has 0 radical (unpaired) electrons. The molecule has 0 aromatic carbocycles. The SMILES string of the molecule is COc1nnc(NC(=O)c2cc(CC#N)ncc2-c2cc(Cl)ncc2OC)s1. The van der Waals surface area contributed by atoms with E-state index in [4.69, 9.17) is 26.3 Å². The summed E-state index contributed by atoms with van der Waals surface area (Å²) in [7, 11) is 2.94. The molecule has 28 heavy (non-hydrogen) atoms. The van der Waals surface area contributed by atoms with Crippen LogP contribution in [0.5, 0.6) is 10.9 Å². The molecule has 9 nitrogen and oxygen atoms in total. The highest BCUT2D eigenvalue weighted by Crippen LogP contribution is 2.34. The van der Waals surface area contributed by atoms with Crippen LogP contribution in [0.4, 0.5) is 5.13 Å². The van der Waals surface area contributed by atoms with Crippen molar-refractivity contribution in [2.45, 2.75) is 6.42 Å². The van der Waals surface area contributed by atoms with Crippen molar-refractivity contribution in [3.05, 3.63) is 40.9 Å². The maximum Gasteiger partial charge on any atom is 0.295 e. The van der Waals surface area contributed by atoms with Gasteiger partial charge in [0, 0.05) is 17.3 Å². The van der Waals surface area contributed by atoms with E-state index in [1.165, 1.54) is 26.6 Å². The Morgan fingerprint density at radius 2 is 2.04 bits per heavy atom. The van der Waals surface area contributed by atoms with Crippen molar-refractivity contribution in [1.82, 2.24) is 20.2 Å². The minimum atomic E-state index is -0.453. The second-order valence-corrected chi connectivity index (χ2v) is 6.62. The first-order valence-corrected chi connectivity index (χ1v) is 8.99. The second-order valence-electron chi connectivity index (χ2n) is 5.29. The average molecular weight is 417 g/mol. The third kappa shape index (κ3) is 4.16. The molecule has 0 fully saturated rings.